The van der Waals surface area contributed by atoms with Crippen molar-refractivity contribution in [3.8, 4) is 0 Å². The molecule has 4 nitrogen and oxygen atoms in total. The van der Waals surface area contributed by atoms with E-state index in [4.69, 9.17) is 5.11 Å². The number of allylic oxidation sites excluding steroid dienone is 1. The SMILES string of the molecule is CCC/C=C/CC(=O)NCNCCCCCCCCCO. The summed E-state index contributed by atoms with van der Waals surface area (Å²) in [6, 6.07) is 0. The summed E-state index contributed by atoms with van der Waals surface area (Å²) >= 11 is 0. The lowest BCUT2D eigenvalue weighted by molar-refractivity contribution is -0.120. The van der Waals surface area contributed by atoms with Crippen LogP contribution in [0.4, 0.5) is 0 Å². The maximum Gasteiger partial charge on any atom is 0.224 e. The smallest absolute Gasteiger partial charge is 0.224 e. The van der Waals surface area contributed by atoms with Gasteiger partial charge in [0, 0.05) is 13.0 Å². The van der Waals surface area contributed by atoms with Gasteiger partial charge in [-0.3, -0.25) is 10.1 Å². The molecule has 4 heteroatoms. The number of nitrogens with one attached hydrogen (secondary N) is 2. The first-order valence-electron chi connectivity index (χ1n) is 8.54. The molecule has 0 saturated carbocycles. The van der Waals surface area contributed by atoms with E-state index < -0.39 is 0 Å². The lowest BCUT2D eigenvalue weighted by Crippen LogP contribution is -2.33. The molecular weight excluding hydrogens is 264 g/mol. The Morgan fingerprint density at radius 1 is 1.00 bits per heavy atom. The van der Waals surface area contributed by atoms with Crippen molar-refractivity contribution in [2.24, 2.45) is 0 Å². The Hall–Kier alpha value is -0.870. The number of aliphatic hydroxyl groups excluding tert-OH is 1. The number of carbonyl (C=O) groups excluding carboxylic acids is 1. The van der Waals surface area contributed by atoms with Gasteiger partial charge in [0.25, 0.3) is 0 Å². The van der Waals surface area contributed by atoms with E-state index in [0.29, 0.717) is 19.7 Å². The Morgan fingerprint density at radius 3 is 2.33 bits per heavy atom. The van der Waals surface area contributed by atoms with Gasteiger partial charge in [-0.25, -0.2) is 0 Å². The average Bonchev–Trinajstić information content (AvgIpc) is 2.49. The molecule has 0 aromatic heterocycles. The lowest BCUT2D eigenvalue weighted by Gasteiger charge is -2.06. The van der Waals surface area contributed by atoms with Gasteiger partial charge in [0.2, 0.25) is 5.91 Å². The molecule has 0 radical (unpaired) electrons. The molecule has 3 N–H and O–H groups in total. The third-order valence-electron chi connectivity index (χ3n) is 3.35. The standard InChI is InChI=1S/C17H34N2O2/c1-2-3-4-10-13-17(21)19-16-18-14-11-8-6-5-7-9-12-15-20/h4,10,18,20H,2-3,5-9,11-16H2,1H3,(H,19,21)/b10-4+. The zero-order valence-corrected chi connectivity index (χ0v) is 13.7. The fourth-order valence-electron chi connectivity index (χ4n) is 2.04. The van der Waals surface area contributed by atoms with Crippen LogP contribution in [0.25, 0.3) is 0 Å². The molecule has 0 aliphatic rings. The summed E-state index contributed by atoms with van der Waals surface area (Å²) in [7, 11) is 0. The van der Waals surface area contributed by atoms with Crippen molar-refractivity contribution in [3.63, 3.8) is 0 Å². The van der Waals surface area contributed by atoms with Gasteiger partial charge in [0.1, 0.15) is 0 Å². The Kier molecular flexibility index (Phi) is 16.5. The van der Waals surface area contributed by atoms with Crippen LogP contribution in [-0.2, 0) is 4.79 Å². The molecule has 0 saturated heterocycles. The number of carbonyl (C=O) groups is 1. The fourth-order valence-corrected chi connectivity index (χ4v) is 2.04. The maximum absolute atomic E-state index is 11.4. The second kappa shape index (κ2) is 17.2. The normalized spacial score (nSPS) is 11.1. The second-order valence-corrected chi connectivity index (χ2v) is 5.44. The summed E-state index contributed by atoms with van der Waals surface area (Å²) in [6.07, 6.45) is 14.9. The van der Waals surface area contributed by atoms with E-state index in [2.05, 4.69) is 23.6 Å². The Bertz CT molecular complexity index is 255. The van der Waals surface area contributed by atoms with Crippen LogP contribution in [0.5, 0.6) is 0 Å². The Morgan fingerprint density at radius 2 is 1.67 bits per heavy atom. The molecule has 0 heterocycles. The second-order valence-electron chi connectivity index (χ2n) is 5.44. The first-order valence-corrected chi connectivity index (χ1v) is 8.54. The summed E-state index contributed by atoms with van der Waals surface area (Å²) in [6.45, 7) is 3.98. The lowest BCUT2D eigenvalue weighted by atomic mass is 10.1. The number of rotatable bonds is 15. The minimum Gasteiger partial charge on any atom is -0.396 e. The van der Waals surface area contributed by atoms with E-state index in [1.165, 1.54) is 25.7 Å². The largest absolute Gasteiger partial charge is 0.396 e. The minimum atomic E-state index is 0.0822. The topological polar surface area (TPSA) is 61.4 Å². The minimum absolute atomic E-state index is 0.0822. The molecule has 0 aliphatic carbocycles. The van der Waals surface area contributed by atoms with Gasteiger partial charge in [-0.15, -0.1) is 0 Å². The van der Waals surface area contributed by atoms with E-state index in [9.17, 15) is 4.79 Å². The first kappa shape index (κ1) is 20.1. The zero-order valence-electron chi connectivity index (χ0n) is 13.7. The molecule has 0 unspecified atom stereocenters. The molecular formula is C17H34N2O2. The Balaban J connectivity index is 3.16. The summed E-state index contributed by atoms with van der Waals surface area (Å²) in [5.41, 5.74) is 0. The van der Waals surface area contributed by atoms with Gasteiger partial charge in [0.05, 0.1) is 6.67 Å². The molecule has 0 aromatic rings. The molecule has 1 amide bonds. The average molecular weight is 298 g/mol. The monoisotopic (exact) mass is 298 g/mol. The van der Waals surface area contributed by atoms with Gasteiger partial charge in [-0.05, 0) is 25.8 Å². The van der Waals surface area contributed by atoms with Crippen molar-refractivity contribution in [1.29, 1.82) is 0 Å². The van der Waals surface area contributed by atoms with Crippen molar-refractivity contribution in [1.82, 2.24) is 10.6 Å². The number of unbranched alkanes of at least 4 members (excludes halogenated alkanes) is 7. The quantitative estimate of drug-likeness (QED) is 0.247. The van der Waals surface area contributed by atoms with Crippen molar-refractivity contribution in [3.05, 3.63) is 12.2 Å². The van der Waals surface area contributed by atoms with E-state index in [1.54, 1.807) is 0 Å². The summed E-state index contributed by atoms with van der Waals surface area (Å²) in [4.78, 5) is 11.4. The highest BCUT2D eigenvalue weighted by atomic mass is 16.2. The van der Waals surface area contributed by atoms with Gasteiger partial charge >= 0.3 is 0 Å². The predicted molar refractivity (Wildman–Crippen MR) is 89.1 cm³/mol. The molecule has 0 aromatic carbocycles. The number of amides is 1. The van der Waals surface area contributed by atoms with Crippen LogP contribution in [0, 0.1) is 0 Å². The van der Waals surface area contributed by atoms with Crippen molar-refractivity contribution in [2.45, 2.75) is 71.1 Å². The molecule has 0 fully saturated rings. The number of aliphatic hydroxyl groups is 1. The van der Waals surface area contributed by atoms with Gasteiger partial charge in [-0.2, -0.15) is 0 Å². The highest BCUT2D eigenvalue weighted by Crippen LogP contribution is 2.06. The van der Waals surface area contributed by atoms with Crippen molar-refractivity contribution in [2.75, 3.05) is 19.8 Å². The van der Waals surface area contributed by atoms with E-state index >= 15 is 0 Å². The summed E-state index contributed by atoms with van der Waals surface area (Å²) in [5.74, 6) is 0.0822. The fraction of sp³-hybridized carbons (Fsp3) is 0.824. The van der Waals surface area contributed by atoms with Crippen LogP contribution in [0.2, 0.25) is 0 Å². The molecule has 0 spiro atoms. The molecule has 124 valence electrons. The van der Waals surface area contributed by atoms with Crippen molar-refractivity contribution >= 4 is 5.91 Å². The molecule has 0 bridgehead atoms. The van der Waals surface area contributed by atoms with E-state index in [1.807, 2.05) is 6.08 Å². The number of hydrogen-bond donors (Lipinski definition) is 3. The van der Waals surface area contributed by atoms with Crippen LogP contribution in [0.3, 0.4) is 0 Å². The highest BCUT2D eigenvalue weighted by Gasteiger charge is 1.96. The predicted octanol–water partition coefficient (Wildman–Crippen LogP) is 3.12. The molecule has 21 heavy (non-hydrogen) atoms. The Labute approximate surface area is 130 Å². The molecule has 0 rings (SSSR count). The molecule has 0 atom stereocenters. The van der Waals surface area contributed by atoms with Gasteiger partial charge in [0.15, 0.2) is 0 Å². The summed E-state index contributed by atoms with van der Waals surface area (Å²) in [5, 5.41) is 14.8. The van der Waals surface area contributed by atoms with Gasteiger partial charge < -0.3 is 10.4 Å². The van der Waals surface area contributed by atoms with Crippen LogP contribution < -0.4 is 10.6 Å². The third kappa shape index (κ3) is 17.1. The van der Waals surface area contributed by atoms with Crippen LogP contribution in [0.15, 0.2) is 12.2 Å². The maximum atomic E-state index is 11.4. The highest BCUT2D eigenvalue weighted by molar-refractivity contribution is 5.77. The summed E-state index contributed by atoms with van der Waals surface area (Å²) < 4.78 is 0. The van der Waals surface area contributed by atoms with E-state index in [0.717, 1.165) is 38.6 Å². The van der Waals surface area contributed by atoms with E-state index in [-0.39, 0.29) is 5.91 Å². The molecule has 0 aliphatic heterocycles. The first-order chi connectivity index (χ1) is 10.3. The van der Waals surface area contributed by atoms with Crippen LogP contribution >= 0.6 is 0 Å². The number of hydrogen-bond acceptors (Lipinski definition) is 3. The van der Waals surface area contributed by atoms with Crippen LogP contribution in [0.1, 0.15) is 71.1 Å². The van der Waals surface area contributed by atoms with Gasteiger partial charge in [-0.1, -0.05) is 57.6 Å². The van der Waals surface area contributed by atoms with Crippen LogP contribution in [-0.4, -0.2) is 30.8 Å². The zero-order chi connectivity index (χ0) is 15.6. The third-order valence-corrected chi connectivity index (χ3v) is 3.35. The van der Waals surface area contributed by atoms with Crippen molar-refractivity contribution < 1.29 is 9.90 Å².